The third kappa shape index (κ3) is 2.31. The highest BCUT2D eigenvalue weighted by Gasteiger charge is 2.11. The lowest BCUT2D eigenvalue weighted by Crippen LogP contribution is -1.95. The van der Waals surface area contributed by atoms with Crippen molar-refractivity contribution in [2.45, 2.75) is 6.54 Å². The first-order chi connectivity index (χ1) is 8.61. The zero-order valence-corrected chi connectivity index (χ0v) is 9.54. The number of rotatable bonds is 3. The molecule has 92 valence electrons. The molecule has 0 aliphatic rings. The molecule has 0 saturated carbocycles. The van der Waals surface area contributed by atoms with Crippen LogP contribution in [0.15, 0.2) is 42.5 Å². The Bertz CT molecular complexity index is 579. The Kier molecular flexibility index (Phi) is 3.25. The van der Waals surface area contributed by atoms with Gasteiger partial charge in [-0.05, 0) is 17.2 Å². The van der Waals surface area contributed by atoms with Crippen LogP contribution in [0, 0.1) is 10.1 Å². The lowest BCUT2D eigenvalue weighted by Gasteiger charge is -2.05. The summed E-state index contributed by atoms with van der Waals surface area (Å²) in [5.74, 6) is -0.107. The van der Waals surface area contributed by atoms with Gasteiger partial charge in [0.25, 0.3) is 5.69 Å². The van der Waals surface area contributed by atoms with Crippen molar-refractivity contribution >= 4 is 5.69 Å². The molecule has 5 nitrogen and oxygen atoms in total. The van der Waals surface area contributed by atoms with Crippen LogP contribution in [0.3, 0.4) is 0 Å². The second-order valence-electron chi connectivity index (χ2n) is 3.86. The number of nitrogens with zero attached hydrogens (tertiary/aromatic N) is 1. The van der Waals surface area contributed by atoms with Crippen molar-refractivity contribution in [2.75, 3.05) is 0 Å². The summed E-state index contributed by atoms with van der Waals surface area (Å²) in [6.45, 7) is 0.451. The van der Waals surface area contributed by atoms with E-state index in [4.69, 9.17) is 5.73 Å². The summed E-state index contributed by atoms with van der Waals surface area (Å²) in [4.78, 5) is 10.0. The molecule has 0 spiro atoms. The fourth-order valence-electron chi connectivity index (χ4n) is 1.70. The number of nitrogens with two attached hydrogens (primary N) is 1. The molecule has 3 N–H and O–H groups in total. The maximum atomic E-state index is 10.6. The van der Waals surface area contributed by atoms with Gasteiger partial charge in [-0.1, -0.05) is 24.3 Å². The summed E-state index contributed by atoms with van der Waals surface area (Å²) < 4.78 is 0. The first-order valence-electron chi connectivity index (χ1n) is 5.38. The molecule has 0 amide bonds. The third-order valence-electron chi connectivity index (χ3n) is 2.69. The standard InChI is InChI=1S/C13H12N2O3/c14-8-9-1-3-10(4-2-9)12-6-5-11(15(17)18)7-13(12)16/h1-7,16H,8,14H2. The maximum Gasteiger partial charge on any atom is 0.273 e. The van der Waals surface area contributed by atoms with Crippen molar-refractivity contribution in [3.05, 3.63) is 58.1 Å². The van der Waals surface area contributed by atoms with Crippen molar-refractivity contribution in [3.8, 4) is 16.9 Å². The molecule has 0 heterocycles. The first-order valence-corrected chi connectivity index (χ1v) is 5.38. The average Bonchev–Trinajstić information content (AvgIpc) is 2.38. The fourth-order valence-corrected chi connectivity index (χ4v) is 1.70. The highest BCUT2D eigenvalue weighted by atomic mass is 16.6. The van der Waals surface area contributed by atoms with Crippen LogP contribution in [0.5, 0.6) is 5.75 Å². The Hall–Kier alpha value is -2.40. The van der Waals surface area contributed by atoms with Gasteiger partial charge in [-0.15, -0.1) is 0 Å². The molecular formula is C13H12N2O3. The largest absolute Gasteiger partial charge is 0.507 e. The van der Waals surface area contributed by atoms with Crippen LogP contribution in [-0.4, -0.2) is 10.0 Å². The van der Waals surface area contributed by atoms with Gasteiger partial charge < -0.3 is 10.8 Å². The number of phenolic OH excluding ortho intramolecular Hbond substituents is 1. The van der Waals surface area contributed by atoms with E-state index < -0.39 is 4.92 Å². The quantitative estimate of drug-likeness (QED) is 0.641. The number of nitro benzene ring substituents is 1. The second kappa shape index (κ2) is 4.85. The number of phenols is 1. The summed E-state index contributed by atoms with van der Waals surface area (Å²) in [7, 11) is 0. The normalized spacial score (nSPS) is 10.3. The van der Waals surface area contributed by atoms with Gasteiger partial charge in [0.2, 0.25) is 0 Å². The van der Waals surface area contributed by atoms with Crippen molar-refractivity contribution in [1.82, 2.24) is 0 Å². The molecule has 2 rings (SSSR count). The lowest BCUT2D eigenvalue weighted by atomic mass is 10.0. The molecule has 2 aromatic rings. The number of nitro groups is 1. The Morgan fingerprint density at radius 1 is 1.17 bits per heavy atom. The van der Waals surface area contributed by atoms with E-state index in [1.54, 1.807) is 0 Å². The Labute approximate surface area is 104 Å². The Balaban J connectivity index is 2.41. The topological polar surface area (TPSA) is 89.4 Å². The summed E-state index contributed by atoms with van der Waals surface area (Å²) in [6, 6.07) is 11.4. The van der Waals surface area contributed by atoms with E-state index in [0.29, 0.717) is 12.1 Å². The van der Waals surface area contributed by atoms with E-state index in [9.17, 15) is 15.2 Å². The van der Waals surface area contributed by atoms with E-state index in [1.165, 1.54) is 12.1 Å². The Morgan fingerprint density at radius 3 is 2.33 bits per heavy atom. The molecule has 0 bridgehead atoms. The van der Waals surface area contributed by atoms with Gasteiger partial charge in [-0.2, -0.15) is 0 Å². The zero-order valence-electron chi connectivity index (χ0n) is 9.54. The van der Waals surface area contributed by atoms with E-state index in [0.717, 1.165) is 17.2 Å². The molecule has 0 unspecified atom stereocenters. The second-order valence-corrected chi connectivity index (χ2v) is 3.86. The molecular weight excluding hydrogens is 232 g/mol. The highest BCUT2D eigenvalue weighted by Crippen LogP contribution is 2.32. The number of hydrogen-bond acceptors (Lipinski definition) is 4. The number of aromatic hydroxyl groups is 1. The van der Waals surface area contributed by atoms with Crippen molar-refractivity contribution in [1.29, 1.82) is 0 Å². The molecule has 5 heteroatoms. The molecule has 0 fully saturated rings. The molecule has 0 radical (unpaired) electrons. The van der Waals surface area contributed by atoms with E-state index in [1.807, 2.05) is 24.3 Å². The van der Waals surface area contributed by atoms with Gasteiger partial charge in [-0.3, -0.25) is 10.1 Å². The number of benzene rings is 2. The summed E-state index contributed by atoms with van der Waals surface area (Å²) in [6.07, 6.45) is 0. The molecule has 0 atom stereocenters. The summed E-state index contributed by atoms with van der Waals surface area (Å²) in [5, 5.41) is 20.4. The zero-order chi connectivity index (χ0) is 13.1. The predicted molar refractivity (Wildman–Crippen MR) is 68.1 cm³/mol. The van der Waals surface area contributed by atoms with Gasteiger partial charge in [0.05, 0.1) is 11.0 Å². The number of non-ortho nitro benzene ring substituents is 1. The van der Waals surface area contributed by atoms with E-state index >= 15 is 0 Å². The van der Waals surface area contributed by atoms with Crippen molar-refractivity contribution < 1.29 is 10.0 Å². The minimum atomic E-state index is -0.541. The fraction of sp³-hybridized carbons (Fsp3) is 0.0769. The van der Waals surface area contributed by atoms with Gasteiger partial charge in [-0.25, -0.2) is 0 Å². The molecule has 2 aromatic carbocycles. The van der Waals surface area contributed by atoms with Crippen LogP contribution < -0.4 is 5.73 Å². The minimum absolute atomic E-state index is 0.107. The average molecular weight is 244 g/mol. The lowest BCUT2D eigenvalue weighted by molar-refractivity contribution is -0.384. The minimum Gasteiger partial charge on any atom is -0.507 e. The van der Waals surface area contributed by atoms with Crippen LogP contribution >= 0.6 is 0 Å². The van der Waals surface area contributed by atoms with Crippen LogP contribution in [-0.2, 0) is 6.54 Å². The Morgan fingerprint density at radius 2 is 1.83 bits per heavy atom. The molecule has 0 aromatic heterocycles. The highest BCUT2D eigenvalue weighted by molar-refractivity contribution is 5.71. The van der Waals surface area contributed by atoms with Gasteiger partial charge >= 0.3 is 0 Å². The molecule has 0 saturated heterocycles. The van der Waals surface area contributed by atoms with Crippen LogP contribution in [0.25, 0.3) is 11.1 Å². The van der Waals surface area contributed by atoms with Crippen LogP contribution in [0.4, 0.5) is 5.69 Å². The smallest absolute Gasteiger partial charge is 0.273 e. The monoisotopic (exact) mass is 244 g/mol. The third-order valence-corrected chi connectivity index (χ3v) is 2.69. The molecule has 0 aliphatic carbocycles. The van der Waals surface area contributed by atoms with E-state index in [2.05, 4.69) is 0 Å². The summed E-state index contributed by atoms with van der Waals surface area (Å²) in [5.41, 5.74) is 7.70. The van der Waals surface area contributed by atoms with Crippen LogP contribution in [0.2, 0.25) is 0 Å². The van der Waals surface area contributed by atoms with Crippen molar-refractivity contribution in [2.24, 2.45) is 5.73 Å². The first kappa shape index (κ1) is 12.1. The van der Waals surface area contributed by atoms with Gasteiger partial charge in [0, 0.05) is 18.2 Å². The summed E-state index contributed by atoms with van der Waals surface area (Å²) >= 11 is 0. The molecule has 18 heavy (non-hydrogen) atoms. The molecule has 0 aliphatic heterocycles. The predicted octanol–water partition coefficient (Wildman–Crippen LogP) is 2.43. The van der Waals surface area contributed by atoms with Crippen LogP contribution in [0.1, 0.15) is 5.56 Å². The maximum absolute atomic E-state index is 10.6. The van der Waals surface area contributed by atoms with Gasteiger partial charge in [0.15, 0.2) is 0 Å². The van der Waals surface area contributed by atoms with E-state index in [-0.39, 0.29) is 11.4 Å². The number of hydrogen-bond donors (Lipinski definition) is 2. The van der Waals surface area contributed by atoms with Crippen molar-refractivity contribution in [3.63, 3.8) is 0 Å². The SMILES string of the molecule is NCc1ccc(-c2ccc([N+](=O)[O-])cc2O)cc1. The van der Waals surface area contributed by atoms with Gasteiger partial charge in [0.1, 0.15) is 5.75 Å².